The van der Waals surface area contributed by atoms with Gasteiger partial charge in [-0.3, -0.25) is 4.79 Å². The van der Waals surface area contributed by atoms with Gasteiger partial charge in [-0.25, -0.2) is 0 Å². The van der Waals surface area contributed by atoms with Crippen LogP contribution in [0.25, 0.3) is 0 Å². The van der Waals surface area contributed by atoms with E-state index in [9.17, 15) is 4.79 Å². The molecule has 2 heterocycles. The number of carbonyl (C=O) groups is 1. The van der Waals surface area contributed by atoms with Gasteiger partial charge in [0.2, 0.25) is 5.91 Å². The summed E-state index contributed by atoms with van der Waals surface area (Å²) in [5, 5.41) is 12.5. The third kappa shape index (κ3) is 3.33. The molecule has 5 nitrogen and oxygen atoms in total. The predicted octanol–water partition coefficient (Wildman–Crippen LogP) is 0.913. The summed E-state index contributed by atoms with van der Waals surface area (Å²) in [6, 6.07) is 3.88. The van der Waals surface area contributed by atoms with Gasteiger partial charge in [0.05, 0.1) is 6.54 Å². The summed E-state index contributed by atoms with van der Waals surface area (Å²) in [6.07, 6.45) is 0. The Morgan fingerprint density at radius 2 is 2.24 bits per heavy atom. The normalized spacial score (nSPS) is 16.2. The van der Waals surface area contributed by atoms with Gasteiger partial charge in [-0.05, 0) is 12.1 Å². The van der Waals surface area contributed by atoms with Crippen LogP contribution in [-0.4, -0.2) is 41.0 Å². The van der Waals surface area contributed by atoms with E-state index in [1.54, 1.807) is 11.8 Å². The van der Waals surface area contributed by atoms with E-state index < -0.39 is 0 Å². The van der Waals surface area contributed by atoms with Gasteiger partial charge >= 0.3 is 0 Å². The minimum absolute atomic E-state index is 0.0404. The standard InChI is InChI=1S/C11H16N4OS/c1-8(2)17-11-4-3-9(13-14-11)15-6-5-12-10(16)7-15/h3-4,8H,5-7H2,1-2H3,(H,12,16). The first-order valence-electron chi connectivity index (χ1n) is 5.67. The molecular formula is C11H16N4OS. The average molecular weight is 252 g/mol. The van der Waals surface area contributed by atoms with Crippen LogP contribution in [0.3, 0.4) is 0 Å². The molecule has 1 aliphatic rings. The van der Waals surface area contributed by atoms with Gasteiger partial charge in [-0.1, -0.05) is 13.8 Å². The molecule has 1 aromatic heterocycles. The van der Waals surface area contributed by atoms with Gasteiger partial charge in [-0.15, -0.1) is 22.0 Å². The molecule has 0 atom stereocenters. The molecule has 1 saturated heterocycles. The Morgan fingerprint density at radius 1 is 1.41 bits per heavy atom. The van der Waals surface area contributed by atoms with E-state index in [-0.39, 0.29) is 5.91 Å². The number of aromatic nitrogens is 2. The molecule has 1 N–H and O–H groups in total. The summed E-state index contributed by atoms with van der Waals surface area (Å²) >= 11 is 1.68. The number of hydrogen-bond acceptors (Lipinski definition) is 5. The lowest BCUT2D eigenvalue weighted by Gasteiger charge is -2.27. The highest BCUT2D eigenvalue weighted by atomic mass is 32.2. The van der Waals surface area contributed by atoms with Crippen LogP contribution >= 0.6 is 11.8 Å². The highest BCUT2D eigenvalue weighted by Crippen LogP contribution is 2.21. The molecule has 0 radical (unpaired) electrons. The minimum Gasteiger partial charge on any atom is -0.353 e. The molecule has 92 valence electrons. The summed E-state index contributed by atoms with van der Waals surface area (Å²) in [5.41, 5.74) is 0. The van der Waals surface area contributed by atoms with Crippen molar-refractivity contribution in [3.8, 4) is 0 Å². The van der Waals surface area contributed by atoms with Gasteiger partial charge in [0, 0.05) is 18.3 Å². The van der Waals surface area contributed by atoms with E-state index in [2.05, 4.69) is 29.4 Å². The Morgan fingerprint density at radius 3 is 2.82 bits per heavy atom. The lowest BCUT2D eigenvalue weighted by molar-refractivity contribution is -0.120. The van der Waals surface area contributed by atoms with Gasteiger partial charge in [-0.2, -0.15) is 0 Å². The van der Waals surface area contributed by atoms with Gasteiger partial charge in [0.1, 0.15) is 5.03 Å². The lowest BCUT2D eigenvalue weighted by Crippen LogP contribution is -2.48. The first-order valence-corrected chi connectivity index (χ1v) is 6.55. The summed E-state index contributed by atoms with van der Waals surface area (Å²) < 4.78 is 0. The van der Waals surface area contributed by atoms with Crippen molar-refractivity contribution in [3.05, 3.63) is 12.1 Å². The summed E-state index contributed by atoms with van der Waals surface area (Å²) in [6.45, 7) is 6.07. The second kappa shape index (κ2) is 5.35. The zero-order valence-electron chi connectivity index (χ0n) is 10.0. The third-order valence-corrected chi connectivity index (χ3v) is 3.28. The largest absolute Gasteiger partial charge is 0.353 e. The highest BCUT2D eigenvalue weighted by molar-refractivity contribution is 7.99. The number of anilines is 1. The molecule has 17 heavy (non-hydrogen) atoms. The van der Waals surface area contributed by atoms with E-state index in [0.29, 0.717) is 18.3 Å². The molecule has 1 amide bonds. The van der Waals surface area contributed by atoms with E-state index in [0.717, 1.165) is 17.4 Å². The first kappa shape index (κ1) is 12.2. The second-order valence-corrected chi connectivity index (χ2v) is 5.76. The Labute approximate surface area is 105 Å². The fraction of sp³-hybridized carbons (Fsp3) is 0.545. The smallest absolute Gasteiger partial charge is 0.239 e. The van der Waals surface area contributed by atoms with Crippen molar-refractivity contribution in [1.82, 2.24) is 15.5 Å². The van der Waals surface area contributed by atoms with E-state index in [4.69, 9.17) is 0 Å². The zero-order valence-corrected chi connectivity index (χ0v) is 10.8. The maximum atomic E-state index is 11.3. The molecule has 2 rings (SSSR count). The Hall–Kier alpha value is -1.30. The van der Waals surface area contributed by atoms with Crippen molar-refractivity contribution < 1.29 is 4.79 Å². The molecule has 0 aromatic carbocycles. The third-order valence-electron chi connectivity index (χ3n) is 2.34. The van der Waals surface area contributed by atoms with Crippen LogP contribution in [-0.2, 0) is 4.79 Å². The second-order valence-electron chi connectivity index (χ2n) is 4.17. The topological polar surface area (TPSA) is 58.1 Å². The number of nitrogens with one attached hydrogen (secondary N) is 1. The van der Waals surface area contributed by atoms with Crippen LogP contribution < -0.4 is 10.2 Å². The van der Waals surface area contributed by atoms with Crippen LogP contribution in [0.5, 0.6) is 0 Å². The van der Waals surface area contributed by atoms with Crippen LogP contribution in [0.4, 0.5) is 5.82 Å². The zero-order chi connectivity index (χ0) is 12.3. The Bertz CT molecular complexity index is 393. The summed E-state index contributed by atoms with van der Waals surface area (Å²) in [4.78, 5) is 13.2. The summed E-state index contributed by atoms with van der Waals surface area (Å²) in [7, 11) is 0. The minimum atomic E-state index is 0.0404. The van der Waals surface area contributed by atoms with E-state index in [1.165, 1.54) is 0 Å². The number of hydrogen-bond donors (Lipinski definition) is 1. The number of rotatable bonds is 3. The number of piperazine rings is 1. The molecule has 0 saturated carbocycles. The van der Waals surface area contributed by atoms with Crippen LogP contribution in [0.2, 0.25) is 0 Å². The molecule has 6 heteroatoms. The van der Waals surface area contributed by atoms with Crippen LogP contribution in [0.1, 0.15) is 13.8 Å². The average Bonchev–Trinajstić information content (AvgIpc) is 2.29. The van der Waals surface area contributed by atoms with Crippen molar-refractivity contribution >= 4 is 23.5 Å². The van der Waals surface area contributed by atoms with Gasteiger partial charge < -0.3 is 10.2 Å². The van der Waals surface area contributed by atoms with E-state index in [1.807, 2.05) is 17.0 Å². The van der Waals surface area contributed by atoms with Gasteiger partial charge in [0.15, 0.2) is 5.82 Å². The number of carbonyl (C=O) groups excluding carboxylic acids is 1. The number of amides is 1. The molecule has 0 unspecified atom stereocenters. The monoisotopic (exact) mass is 252 g/mol. The van der Waals surface area contributed by atoms with E-state index >= 15 is 0 Å². The van der Waals surface area contributed by atoms with Crippen molar-refractivity contribution in [2.75, 3.05) is 24.5 Å². The molecule has 0 spiro atoms. The predicted molar refractivity (Wildman–Crippen MR) is 68.2 cm³/mol. The Balaban J connectivity index is 2.04. The molecule has 1 fully saturated rings. The lowest BCUT2D eigenvalue weighted by atomic mass is 10.3. The SMILES string of the molecule is CC(C)Sc1ccc(N2CCNC(=O)C2)nn1. The summed E-state index contributed by atoms with van der Waals surface area (Å²) in [5.74, 6) is 0.812. The first-order chi connectivity index (χ1) is 8.15. The number of nitrogens with zero attached hydrogens (tertiary/aromatic N) is 3. The molecular weight excluding hydrogens is 236 g/mol. The quantitative estimate of drug-likeness (QED) is 0.810. The molecule has 1 aromatic rings. The van der Waals surface area contributed by atoms with Crippen molar-refractivity contribution in [2.24, 2.45) is 0 Å². The fourth-order valence-electron chi connectivity index (χ4n) is 1.62. The van der Waals surface area contributed by atoms with Crippen molar-refractivity contribution in [1.29, 1.82) is 0 Å². The fourth-order valence-corrected chi connectivity index (χ4v) is 2.34. The number of thioether (sulfide) groups is 1. The maximum Gasteiger partial charge on any atom is 0.239 e. The van der Waals surface area contributed by atoms with Crippen LogP contribution in [0.15, 0.2) is 17.2 Å². The van der Waals surface area contributed by atoms with Crippen molar-refractivity contribution in [2.45, 2.75) is 24.1 Å². The Kier molecular flexibility index (Phi) is 3.83. The van der Waals surface area contributed by atoms with Gasteiger partial charge in [0.25, 0.3) is 0 Å². The van der Waals surface area contributed by atoms with Crippen LogP contribution in [0, 0.1) is 0 Å². The molecule has 0 bridgehead atoms. The molecule has 0 aliphatic carbocycles. The molecule has 1 aliphatic heterocycles. The van der Waals surface area contributed by atoms with Crippen molar-refractivity contribution in [3.63, 3.8) is 0 Å². The maximum absolute atomic E-state index is 11.3. The highest BCUT2D eigenvalue weighted by Gasteiger charge is 2.17.